The molecule has 0 unspecified atom stereocenters. The highest BCUT2D eigenvalue weighted by Crippen LogP contribution is 2.36. The van der Waals surface area contributed by atoms with Crippen molar-refractivity contribution in [3.63, 3.8) is 0 Å². The Kier molecular flexibility index (Phi) is 8.31. The third-order valence-electron chi connectivity index (χ3n) is 9.26. The number of hydrogen-bond donors (Lipinski definition) is 2. The number of nitrogens with one attached hydrogen (secondary N) is 2. The predicted octanol–water partition coefficient (Wildman–Crippen LogP) is 5.59. The first-order valence-electron chi connectivity index (χ1n) is 16.7. The third kappa shape index (κ3) is 6.96. The van der Waals surface area contributed by atoms with Crippen molar-refractivity contribution in [3.8, 4) is 5.75 Å². The SMILES string of the molecule is CC(C)(C)OC(=O)N1CCC(NC2CCC(n3cc4cc(NC(=O)c5cnn6cccnc56)c(OCC5CC5)cc4n3)CC2)CC1. The number of likely N-dealkylation sites (tertiary alicyclic amines) is 1. The average molecular weight is 629 g/mol. The van der Waals surface area contributed by atoms with E-state index in [9.17, 15) is 9.59 Å². The Bertz CT molecular complexity index is 1710. The Morgan fingerprint density at radius 1 is 1.00 bits per heavy atom. The van der Waals surface area contributed by atoms with Gasteiger partial charge in [0.1, 0.15) is 16.9 Å². The van der Waals surface area contributed by atoms with E-state index in [1.165, 1.54) is 19.0 Å². The third-order valence-corrected chi connectivity index (χ3v) is 9.26. The molecule has 1 aliphatic heterocycles. The second kappa shape index (κ2) is 12.5. The van der Waals surface area contributed by atoms with Crippen LogP contribution < -0.4 is 15.4 Å². The van der Waals surface area contributed by atoms with E-state index < -0.39 is 5.60 Å². The highest BCUT2D eigenvalue weighted by atomic mass is 16.6. The smallest absolute Gasteiger partial charge is 0.410 e. The lowest BCUT2D eigenvalue weighted by atomic mass is 9.90. The Labute approximate surface area is 268 Å². The van der Waals surface area contributed by atoms with E-state index in [1.807, 2.05) is 37.8 Å². The number of benzene rings is 1. The molecule has 0 radical (unpaired) electrons. The van der Waals surface area contributed by atoms with E-state index in [4.69, 9.17) is 14.6 Å². The van der Waals surface area contributed by atoms with Crippen molar-refractivity contribution in [2.45, 2.75) is 95.9 Å². The minimum atomic E-state index is -0.468. The molecule has 2 amide bonds. The molecule has 2 N–H and O–H groups in total. The minimum absolute atomic E-state index is 0.210. The van der Waals surface area contributed by atoms with Gasteiger partial charge in [0.15, 0.2) is 5.65 Å². The van der Waals surface area contributed by atoms with Gasteiger partial charge in [0.05, 0.1) is 30.0 Å². The van der Waals surface area contributed by atoms with Crippen molar-refractivity contribution < 1.29 is 19.1 Å². The predicted molar refractivity (Wildman–Crippen MR) is 174 cm³/mol. The molecule has 1 saturated heterocycles. The minimum Gasteiger partial charge on any atom is -0.491 e. The number of amides is 2. The fraction of sp³-hybridized carbons (Fsp3) is 0.559. The maximum absolute atomic E-state index is 13.3. The number of aromatic nitrogens is 5. The maximum Gasteiger partial charge on any atom is 0.410 e. The molecule has 244 valence electrons. The number of ether oxygens (including phenoxy) is 2. The van der Waals surface area contributed by atoms with Gasteiger partial charge in [0.25, 0.3) is 5.91 Å². The molecule has 46 heavy (non-hydrogen) atoms. The van der Waals surface area contributed by atoms with Crippen molar-refractivity contribution in [1.29, 1.82) is 0 Å². The first-order chi connectivity index (χ1) is 22.2. The average Bonchev–Trinajstić information content (AvgIpc) is 3.61. The first-order valence-corrected chi connectivity index (χ1v) is 16.7. The zero-order valence-electron chi connectivity index (χ0n) is 26.9. The first kappa shape index (κ1) is 30.5. The summed E-state index contributed by atoms with van der Waals surface area (Å²) in [4.78, 5) is 31.9. The number of hydrogen-bond acceptors (Lipinski definition) is 8. The standard InChI is InChI=1S/C34H44N8O4/c1-34(2,3)46-33(44)40-15-11-25(12-16-40)37-24-7-9-26(10-8-24)42-20-23-17-29(30(18-28(23)39-42)45-21-22-5-6-22)38-32(43)27-19-36-41-14-4-13-35-31(27)41/h4,13-14,17-20,22,24-26,37H,5-12,15-16,21H2,1-3H3,(H,38,43). The number of anilines is 1. The summed E-state index contributed by atoms with van der Waals surface area (Å²) in [6.45, 7) is 7.81. The number of carbonyl (C=O) groups is 2. The monoisotopic (exact) mass is 628 g/mol. The van der Waals surface area contributed by atoms with Gasteiger partial charge in [-0.15, -0.1) is 0 Å². The van der Waals surface area contributed by atoms with Crippen LogP contribution in [0.4, 0.5) is 10.5 Å². The van der Waals surface area contributed by atoms with Crippen molar-refractivity contribution >= 4 is 34.2 Å². The second-order valence-corrected chi connectivity index (χ2v) is 14.1. The van der Waals surface area contributed by atoms with E-state index in [2.05, 4.69) is 31.6 Å². The molecular weight excluding hydrogens is 584 g/mol. The van der Waals surface area contributed by atoms with Crippen molar-refractivity contribution in [2.75, 3.05) is 25.0 Å². The Balaban J connectivity index is 0.983. The van der Waals surface area contributed by atoms with Crippen LogP contribution in [0.15, 0.2) is 43.0 Å². The summed E-state index contributed by atoms with van der Waals surface area (Å²) in [5, 5.41) is 17.1. The van der Waals surface area contributed by atoms with Crippen LogP contribution in [0.25, 0.3) is 16.6 Å². The van der Waals surface area contributed by atoms with Gasteiger partial charge in [-0.2, -0.15) is 10.2 Å². The number of carbonyl (C=O) groups excluding carboxylic acids is 2. The molecule has 1 aromatic carbocycles. The summed E-state index contributed by atoms with van der Waals surface area (Å²) < 4.78 is 15.5. The molecule has 0 bridgehead atoms. The van der Waals surface area contributed by atoms with Crippen LogP contribution in [0.3, 0.4) is 0 Å². The quantitative estimate of drug-likeness (QED) is 0.258. The molecule has 12 nitrogen and oxygen atoms in total. The summed E-state index contributed by atoms with van der Waals surface area (Å²) in [7, 11) is 0. The summed E-state index contributed by atoms with van der Waals surface area (Å²) in [6.07, 6.45) is 15.3. The van der Waals surface area contributed by atoms with Crippen molar-refractivity contribution in [1.82, 2.24) is 34.6 Å². The van der Waals surface area contributed by atoms with Gasteiger partial charge in [0.2, 0.25) is 0 Å². The normalized spacial score (nSPS) is 21.1. The van der Waals surface area contributed by atoms with Crippen LogP contribution in [0.1, 0.15) is 88.5 Å². The zero-order valence-corrected chi connectivity index (χ0v) is 26.9. The van der Waals surface area contributed by atoms with E-state index in [1.54, 1.807) is 23.0 Å². The highest BCUT2D eigenvalue weighted by molar-refractivity contribution is 6.09. The molecule has 2 aliphatic carbocycles. The molecule has 4 aromatic rings. The summed E-state index contributed by atoms with van der Waals surface area (Å²) in [6, 6.07) is 6.91. The molecule has 2 saturated carbocycles. The molecule has 4 heterocycles. The van der Waals surface area contributed by atoms with Gasteiger partial charge in [-0.1, -0.05) is 0 Å². The second-order valence-electron chi connectivity index (χ2n) is 14.1. The maximum atomic E-state index is 13.3. The fourth-order valence-electron chi connectivity index (χ4n) is 6.54. The van der Waals surface area contributed by atoms with Gasteiger partial charge >= 0.3 is 6.09 Å². The van der Waals surface area contributed by atoms with Crippen molar-refractivity contribution in [3.05, 3.63) is 48.5 Å². The van der Waals surface area contributed by atoms with Crippen LogP contribution in [-0.2, 0) is 4.74 Å². The molecule has 0 atom stereocenters. The Morgan fingerprint density at radius 2 is 1.76 bits per heavy atom. The van der Waals surface area contributed by atoms with E-state index in [0.29, 0.717) is 53.3 Å². The number of nitrogens with zero attached hydrogens (tertiary/aromatic N) is 6. The van der Waals surface area contributed by atoms with Crippen LogP contribution >= 0.6 is 0 Å². The highest BCUT2D eigenvalue weighted by Gasteiger charge is 2.30. The lowest BCUT2D eigenvalue weighted by Crippen LogP contribution is -2.49. The zero-order chi connectivity index (χ0) is 31.8. The summed E-state index contributed by atoms with van der Waals surface area (Å²) >= 11 is 0. The largest absolute Gasteiger partial charge is 0.491 e. The van der Waals surface area contributed by atoms with Crippen LogP contribution in [0.5, 0.6) is 5.75 Å². The van der Waals surface area contributed by atoms with E-state index in [0.717, 1.165) is 62.5 Å². The number of piperidine rings is 1. The molecule has 0 spiro atoms. The number of fused-ring (bicyclic) bond motifs is 2. The van der Waals surface area contributed by atoms with Crippen molar-refractivity contribution in [2.24, 2.45) is 5.92 Å². The molecule has 3 fully saturated rings. The van der Waals surface area contributed by atoms with Crippen LogP contribution in [0, 0.1) is 5.92 Å². The van der Waals surface area contributed by atoms with Gasteiger partial charge < -0.3 is 25.0 Å². The molecule has 7 rings (SSSR count). The molecule has 3 aromatic heterocycles. The van der Waals surface area contributed by atoms with E-state index >= 15 is 0 Å². The Morgan fingerprint density at radius 3 is 2.50 bits per heavy atom. The van der Waals surface area contributed by atoms with E-state index in [-0.39, 0.29) is 12.0 Å². The lowest BCUT2D eigenvalue weighted by molar-refractivity contribution is 0.0194. The molecular formula is C34H44N8O4. The van der Waals surface area contributed by atoms with Gasteiger partial charge in [-0.25, -0.2) is 14.3 Å². The summed E-state index contributed by atoms with van der Waals surface area (Å²) in [5.41, 5.74) is 1.93. The van der Waals surface area contributed by atoms with Crippen LogP contribution in [0.2, 0.25) is 0 Å². The van der Waals surface area contributed by atoms with Gasteiger partial charge in [-0.3, -0.25) is 9.48 Å². The summed E-state index contributed by atoms with van der Waals surface area (Å²) in [5.74, 6) is 0.924. The topological polar surface area (TPSA) is 128 Å². The fourth-order valence-corrected chi connectivity index (χ4v) is 6.54. The molecule has 12 heteroatoms. The Hall–Kier alpha value is -4.19. The lowest BCUT2D eigenvalue weighted by Gasteiger charge is -2.37. The molecule has 3 aliphatic rings. The van der Waals surface area contributed by atoms with Gasteiger partial charge in [0, 0.05) is 55.2 Å². The van der Waals surface area contributed by atoms with Crippen LogP contribution in [-0.4, -0.2) is 78.7 Å². The van der Waals surface area contributed by atoms with Gasteiger partial charge in [-0.05, 0) is 90.2 Å². The number of rotatable bonds is 8.